The number of aryl methyl sites for hydroxylation is 2. The molecule has 0 spiro atoms. The van der Waals surface area contributed by atoms with E-state index in [1.54, 1.807) is 11.8 Å². The minimum atomic E-state index is -0.0368. The van der Waals surface area contributed by atoms with Crippen LogP contribution in [0.3, 0.4) is 0 Å². The number of rotatable bonds is 6. The molecule has 138 valence electrons. The number of hydrogen-bond acceptors (Lipinski definition) is 2. The Kier molecular flexibility index (Phi) is 6.36. The number of thioether (sulfide) groups is 1. The monoisotopic (exact) mass is 375 g/mol. The Morgan fingerprint density at radius 3 is 2.41 bits per heavy atom. The van der Waals surface area contributed by atoms with Crippen LogP contribution in [-0.2, 0) is 5.75 Å². The standard InChI is InChI=1S/C24H25NOS/c1-17-13-14-21(18(2)15-17)19(3)25-24(26)22-11-7-8-12-23(22)27-16-20-9-5-4-6-10-20/h4-15,19H,16H2,1-3H3,(H,25,26)/t19-/m1/s1. The lowest BCUT2D eigenvalue weighted by Crippen LogP contribution is -2.27. The van der Waals surface area contributed by atoms with Crippen molar-refractivity contribution in [3.8, 4) is 0 Å². The summed E-state index contributed by atoms with van der Waals surface area (Å²) in [7, 11) is 0. The Morgan fingerprint density at radius 2 is 1.67 bits per heavy atom. The van der Waals surface area contributed by atoms with Crippen molar-refractivity contribution in [3.63, 3.8) is 0 Å². The first kappa shape index (κ1) is 19.2. The highest BCUT2D eigenvalue weighted by Crippen LogP contribution is 2.27. The minimum Gasteiger partial charge on any atom is -0.345 e. The average molecular weight is 376 g/mol. The van der Waals surface area contributed by atoms with Crippen molar-refractivity contribution < 1.29 is 4.79 Å². The van der Waals surface area contributed by atoms with Gasteiger partial charge in [0.25, 0.3) is 5.91 Å². The molecule has 3 aromatic carbocycles. The van der Waals surface area contributed by atoms with Crippen LogP contribution in [0.2, 0.25) is 0 Å². The maximum absolute atomic E-state index is 12.9. The van der Waals surface area contributed by atoms with Crippen LogP contribution in [0.15, 0.2) is 77.7 Å². The molecule has 3 aromatic rings. The highest BCUT2D eigenvalue weighted by Gasteiger charge is 2.16. The molecule has 2 nitrogen and oxygen atoms in total. The number of carbonyl (C=O) groups excluding carboxylic acids is 1. The topological polar surface area (TPSA) is 29.1 Å². The predicted molar refractivity (Wildman–Crippen MR) is 114 cm³/mol. The van der Waals surface area contributed by atoms with E-state index in [1.807, 2.05) is 49.4 Å². The first-order valence-electron chi connectivity index (χ1n) is 9.18. The van der Waals surface area contributed by atoms with Crippen LogP contribution in [-0.4, -0.2) is 5.91 Å². The molecule has 27 heavy (non-hydrogen) atoms. The number of amides is 1. The summed E-state index contributed by atoms with van der Waals surface area (Å²) in [6.45, 7) is 6.21. The normalized spacial score (nSPS) is 11.8. The third-order valence-electron chi connectivity index (χ3n) is 4.61. The highest BCUT2D eigenvalue weighted by molar-refractivity contribution is 7.98. The van der Waals surface area contributed by atoms with Crippen LogP contribution in [0.1, 0.15) is 45.6 Å². The Labute approximate surface area is 166 Å². The average Bonchev–Trinajstić information content (AvgIpc) is 2.67. The van der Waals surface area contributed by atoms with E-state index in [0.717, 1.165) is 21.8 Å². The highest BCUT2D eigenvalue weighted by atomic mass is 32.2. The summed E-state index contributed by atoms with van der Waals surface area (Å²) in [5, 5.41) is 3.16. The SMILES string of the molecule is Cc1ccc([C@@H](C)NC(=O)c2ccccc2SCc2ccccc2)c(C)c1. The Balaban J connectivity index is 1.73. The van der Waals surface area contributed by atoms with Crippen molar-refractivity contribution in [2.45, 2.75) is 37.5 Å². The summed E-state index contributed by atoms with van der Waals surface area (Å²) < 4.78 is 0. The van der Waals surface area contributed by atoms with Crippen molar-refractivity contribution in [1.82, 2.24) is 5.32 Å². The molecule has 1 atom stereocenters. The van der Waals surface area contributed by atoms with Gasteiger partial charge < -0.3 is 5.32 Å². The predicted octanol–water partition coefficient (Wildman–Crippen LogP) is 6.09. The Hall–Kier alpha value is -2.52. The van der Waals surface area contributed by atoms with Crippen LogP contribution in [0.5, 0.6) is 0 Å². The second-order valence-electron chi connectivity index (χ2n) is 6.83. The van der Waals surface area contributed by atoms with Gasteiger partial charge in [-0.05, 0) is 49.6 Å². The van der Waals surface area contributed by atoms with Gasteiger partial charge in [0.2, 0.25) is 0 Å². The maximum atomic E-state index is 12.9. The molecule has 1 N–H and O–H groups in total. The molecule has 0 saturated heterocycles. The van der Waals surface area contributed by atoms with Gasteiger partial charge in [0.05, 0.1) is 11.6 Å². The van der Waals surface area contributed by atoms with Crippen molar-refractivity contribution in [1.29, 1.82) is 0 Å². The minimum absolute atomic E-state index is 0.0290. The third kappa shape index (κ3) is 5.01. The molecular weight excluding hydrogens is 350 g/mol. The maximum Gasteiger partial charge on any atom is 0.252 e. The van der Waals surface area contributed by atoms with Crippen molar-refractivity contribution >= 4 is 17.7 Å². The molecule has 0 aromatic heterocycles. The van der Waals surface area contributed by atoms with E-state index in [2.05, 4.69) is 49.5 Å². The molecule has 0 fully saturated rings. The third-order valence-corrected chi connectivity index (χ3v) is 5.75. The molecule has 3 rings (SSSR count). The lowest BCUT2D eigenvalue weighted by Gasteiger charge is -2.18. The van der Waals surface area contributed by atoms with Gasteiger partial charge in [0, 0.05) is 10.6 Å². The van der Waals surface area contributed by atoms with E-state index >= 15 is 0 Å². The van der Waals surface area contributed by atoms with Gasteiger partial charge in [0.1, 0.15) is 0 Å². The first-order valence-corrected chi connectivity index (χ1v) is 10.2. The number of carbonyl (C=O) groups is 1. The van der Waals surface area contributed by atoms with Gasteiger partial charge in [-0.15, -0.1) is 11.8 Å². The van der Waals surface area contributed by atoms with E-state index < -0.39 is 0 Å². The number of nitrogens with one attached hydrogen (secondary N) is 1. The summed E-state index contributed by atoms with van der Waals surface area (Å²) >= 11 is 1.70. The Bertz CT molecular complexity index is 921. The molecule has 0 aliphatic rings. The van der Waals surface area contributed by atoms with Crippen molar-refractivity contribution in [3.05, 3.63) is 101 Å². The summed E-state index contributed by atoms with van der Waals surface area (Å²) in [6.07, 6.45) is 0. The molecule has 1 amide bonds. The first-order chi connectivity index (χ1) is 13.0. The second kappa shape index (κ2) is 8.92. The molecule has 3 heteroatoms. The van der Waals surface area contributed by atoms with Crippen molar-refractivity contribution in [2.24, 2.45) is 0 Å². The summed E-state index contributed by atoms with van der Waals surface area (Å²) in [6, 6.07) is 24.5. The summed E-state index contributed by atoms with van der Waals surface area (Å²) in [5.41, 5.74) is 5.58. The molecule has 0 aliphatic carbocycles. The van der Waals surface area contributed by atoms with Gasteiger partial charge in [-0.3, -0.25) is 4.79 Å². The van der Waals surface area contributed by atoms with E-state index in [1.165, 1.54) is 16.7 Å². The molecule has 0 radical (unpaired) electrons. The molecule has 0 unspecified atom stereocenters. The smallest absolute Gasteiger partial charge is 0.252 e. The summed E-state index contributed by atoms with van der Waals surface area (Å²) in [4.78, 5) is 13.9. The lowest BCUT2D eigenvalue weighted by atomic mass is 10.00. The zero-order valence-electron chi connectivity index (χ0n) is 16.0. The molecule has 0 saturated carbocycles. The van der Waals surface area contributed by atoms with Crippen LogP contribution in [0.25, 0.3) is 0 Å². The van der Waals surface area contributed by atoms with E-state index in [-0.39, 0.29) is 11.9 Å². The quantitative estimate of drug-likeness (QED) is 0.528. The Morgan fingerprint density at radius 1 is 0.963 bits per heavy atom. The van der Waals surface area contributed by atoms with Gasteiger partial charge in [-0.25, -0.2) is 0 Å². The zero-order valence-corrected chi connectivity index (χ0v) is 16.8. The van der Waals surface area contributed by atoms with E-state index in [0.29, 0.717) is 0 Å². The van der Waals surface area contributed by atoms with Crippen LogP contribution >= 0.6 is 11.8 Å². The van der Waals surface area contributed by atoms with E-state index in [9.17, 15) is 4.79 Å². The second-order valence-corrected chi connectivity index (χ2v) is 7.84. The largest absolute Gasteiger partial charge is 0.345 e. The molecular formula is C24H25NOS. The fourth-order valence-corrected chi connectivity index (χ4v) is 4.18. The molecule has 0 heterocycles. The number of benzene rings is 3. The van der Waals surface area contributed by atoms with Gasteiger partial charge in [-0.1, -0.05) is 66.2 Å². The fraction of sp³-hybridized carbons (Fsp3) is 0.208. The van der Waals surface area contributed by atoms with Crippen LogP contribution < -0.4 is 5.32 Å². The van der Waals surface area contributed by atoms with Gasteiger partial charge in [-0.2, -0.15) is 0 Å². The molecule has 0 bridgehead atoms. The van der Waals surface area contributed by atoms with E-state index in [4.69, 9.17) is 0 Å². The molecule has 0 aliphatic heterocycles. The number of hydrogen-bond donors (Lipinski definition) is 1. The van der Waals surface area contributed by atoms with Gasteiger partial charge >= 0.3 is 0 Å². The van der Waals surface area contributed by atoms with Gasteiger partial charge in [0.15, 0.2) is 0 Å². The fourth-order valence-electron chi connectivity index (χ4n) is 3.18. The lowest BCUT2D eigenvalue weighted by molar-refractivity contribution is 0.0937. The zero-order chi connectivity index (χ0) is 19.2. The van der Waals surface area contributed by atoms with Crippen LogP contribution in [0, 0.1) is 13.8 Å². The van der Waals surface area contributed by atoms with Crippen molar-refractivity contribution in [2.75, 3.05) is 0 Å². The van der Waals surface area contributed by atoms with Crippen LogP contribution in [0.4, 0.5) is 0 Å². The summed E-state index contributed by atoms with van der Waals surface area (Å²) in [5.74, 6) is 0.816.